The minimum absolute atomic E-state index is 1.09. The standard InChI is InChI=1S/C10H12/c1-2-3-4-7-10-8-5-6-9-10/h2-5,7-9H,6H2,1H3. The minimum atomic E-state index is 1.09. The van der Waals surface area contributed by atoms with Crippen molar-refractivity contribution in [1.82, 2.24) is 0 Å². The minimum Gasteiger partial charge on any atom is -0.0877 e. The van der Waals surface area contributed by atoms with E-state index in [1.807, 2.05) is 19.1 Å². The van der Waals surface area contributed by atoms with Gasteiger partial charge in [-0.25, -0.2) is 0 Å². The summed E-state index contributed by atoms with van der Waals surface area (Å²) in [7, 11) is 0. The highest BCUT2D eigenvalue weighted by Gasteiger charge is 1.88. The Morgan fingerprint density at radius 2 is 2.30 bits per heavy atom. The summed E-state index contributed by atoms with van der Waals surface area (Å²) >= 11 is 0. The van der Waals surface area contributed by atoms with E-state index in [2.05, 4.69) is 30.4 Å². The van der Waals surface area contributed by atoms with Gasteiger partial charge >= 0.3 is 0 Å². The number of hydrogen-bond acceptors (Lipinski definition) is 0. The van der Waals surface area contributed by atoms with Crippen LogP contribution in [0.2, 0.25) is 0 Å². The van der Waals surface area contributed by atoms with Gasteiger partial charge in [-0.05, 0) is 18.9 Å². The maximum atomic E-state index is 2.21. The zero-order valence-electron chi connectivity index (χ0n) is 6.25. The second-order valence-electron chi connectivity index (χ2n) is 2.23. The molecule has 0 bridgehead atoms. The Kier molecular flexibility index (Phi) is 2.75. The van der Waals surface area contributed by atoms with Gasteiger partial charge in [-0.1, -0.05) is 42.5 Å². The van der Waals surface area contributed by atoms with Crippen molar-refractivity contribution >= 4 is 0 Å². The molecule has 0 aromatic carbocycles. The Morgan fingerprint density at radius 3 is 2.90 bits per heavy atom. The second-order valence-corrected chi connectivity index (χ2v) is 2.23. The molecule has 0 nitrogen and oxygen atoms in total. The van der Waals surface area contributed by atoms with Crippen LogP contribution in [0.3, 0.4) is 0 Å². The van der Waals surface area contributed by atoms with Gasteiger partial charge in [-0.3, -0.25) is 0 Å². The van der Waals surface area contributed by atoms with E-state index in [-0.39, 0.29) is 0 Å². The fourth-order valence-corrected chi connectivity index (χ4v) is 0.878. The summed E-state index contributed by atoms with van der Waals surface area (Å²) in [5.74, 6) is 0. The van der Waals surface area contributed by atoms with Gasteiger partial charge in [-0.2, -0.15) is 0 Å². The zero-order chi connectivity index (χ0) is 7.23. The summed E-state index contributed by atoms with van der Waals surface area (Å²) in [5.41, 5.74) is 1.32. The van der Waals surface area contributed by atoms with Crippen molar-refractivity contribution in [2.24, 2.45) is 0 Å². The molecule has 0 aliphatic heterocycles. The molecule has 52 valence electrons. The molecule has 1 aliphatic rings. The van der Waals surface area contributed by atoms with E-state index in [4.69, 9.17) is 0 Å². The van der Waals surface area contributed by atoms with Crippen LogP contribution in [0.4, 0.5) is 0 Å². The highest BCUT2D eigenvalue weighted by atomic mass is 13.9. The van der Waals surface area contributed by atoms with Crippen LogP contribution in [0.15, 0.2) is 48.1 Å². The quantitative estimate of drug-likeness (QED) is 0.507. The summed E-state index contributed by atoms with van der Waals surface area (Å²) < 4.78 is 0. The summed E-state index contributed by atoms with van der Waals surface area (Å²) in [5, 5.41) is 0. The zero-order valence-corrected chi connectivity index (χ0v) is 6.25. The van der Waals surface area contributed by atoms with Gasteiger partial charge < -0.3 is 0 Å². The lowest BCUT2D eigenvalue weighted by Gasteiger charge is -1.82. The van der Waals surface area contributed by atoms with Crippen molar-refractivity contribution in [3.63, 3.8) is 0 Å². The third kappa shape index (κ3) is 2.06. The third-order valence-electron chi connectivity index (χ3n) is 1.39. The molecule has 0 amide bonds. The lowest BCUT2D eigenvalue weighted by Crippen LogP contribution is -1.61. The predicted molar refractivity (Wildman–Crippen MR) is 45.8 cm³/mol. The van der Waals surface area contributed by atoms with E-state index in [0.717, 1.165) is 6.42 Å². The second kappa shape index (κ2) is 3.89. The first kappa shape index (κ1) is 7.07. The first-order valence-corrected chi connectivity index (χ1v) is 3.59. The molecule has 0 aromatic rings. The van der Waals surface area contributed by atoms with Crippen LogP contribution >= 0.6 is 0 Å². The molecule has 0 aromatic heterocycles. The third-order valence-corrected chi connectivity index (χ3v) is 1.39. The van der Waals surface area contributed by atoms with Gasteiger partial charge in [0.2, 0.25) is 0 Å². The van der Waals surface area contributed by atoms with Crippen LogP contribution in [0.5, 0.6) is 0 Å². The van der Waals surface area contributed by atoms with E-state index < -0.39 is 0 Å². The van der Waals surface area contributed by atoms with Crippen molar-refractivity contribution in [2.45, 2.75) is 13.3 Å². The molecule has 0 saturated carbocycles. The van der Waals surface area contributed by atoms with Gasteiger partial charge in [-0.15, -0.1) is 0 Å². The molecular formula is C10H12. The summed E-state index contributed by atoms with van der Waals surface area (Å²) in [6.07, 6.45) is 15.8. The molecule has 0 heterocycles. The van der Waals surface area contributed by atoms with Crippen molar-refractivity contribution < 1.29 is 0 Å². The number of rotatable bonds is 2. The molecule has 0 atom stereocenters. The highest BCUT2D eigenvalue weighted by molar-refractivity contribution is 5.36. The van der Waals surface area contributed by atoms with E-state index in [0.29, 0.717) is 0 Å². The first-order valence-electron chi connectivity index (χ1n) is 3.59. The fourth-order valence-electron chi connectivity index (χ4n) is 0.878. The van der Waals surface area contributed by atoms with Gasteiger partial charge in [0.05, 0.1) is 0 Å². The Morgan fingerprint density at radius 1 is 1.40 bits per heavy atom. The molecule has 0 spiro atoms. The number of hydrogen-bond donors (Lipinski definition) is 0. The van der Waals surface area contributed by atoms with Gasteiger partial charge in [0.1, 0.15) is 0 Å². The molecule has 10 heavy (non-hydrogen) atoms. The average Bonchev–Trinajstić information content (AvgIpc) is 2.41. The molecule has 0 radical (unpaired) electrons. The van der Waals surface area contributed by atoms with Crippen LogP contribution in [0, 0.1) is 0 Å². The summed E-state index contributed by atoms with van der Waals surface area (Å²) in [6.45, 7) is 2.02. The lowest BCUT2D eigenvalue weighted by molar-refractivity contribution is 1.44. The highest BCUT2D eigenvalue weighted by Crippen LogP contribution is 2.09. The van der Waals surface area contributed by atoms with Crippen LogP contribution in [0.1, 0.15) is 13.3 Å². The molecule has 1 rings (SSSR count). The van der Waals surface area contributed by atoms with Crippen molar-refractivity contribution in [2.75, 3.05) is 0 Å². The smallest absolute Gasteiger partial charge is 0.0157 e. The van der Waals surface area contributed by atoms with Crippen LogP contribution in [-0.4, -0.2) is 0 Å². The Balaban J connectivity index is 2.44. The normalized spacial score (nSPS) is 17.5. The van der Waals surface area contributed by atoms with E-state index in [1.165, 1.54) is 5.57 Å². The van der Waals surface area contributed by atoms with Gasteiger partial charge in [0.25, 0.3) is 0 Å². The topological polar surface area (TPSA) is 0 Å². The number of allylic oxidation sites excluding steroid dienone is 8. The first-order chi connectivity index (χ1) is 4.93. The summed E-state index contributed by atoms with van der Waals surface area (Å²) in [6, 6.07) is 0. The monoisotopic (exact) mass is 132 g/mol. The molecule has 0 unspecified atom stereocenters. The maximum Gasteiger partial charge on any atom is -0.0157 e. The van der Waals surface area contributed by atoms with Crippen molar-refractivity contribution in [3.8, 4) is 0 Å². The molecule has 1 aliphatic carbocycles. The summed E-state index contributed by atoms with van der Waals surface area (Å²) in [4.78, 5) is 0. The van der Waals surface area contributed by atoms with E-state index in [1.54, 1.807) is 0 Å². The molecule has 0 N–H and O–H groups in total. The van der Waals surface area contributed by atoms with E-state index >= 15 is 0 Å². The maximum absolute atomic E-state index is 2.21. The SMILES string of the molecule is CC=CC=CC1=CCC=C1. The Hall–Kier alpha value is -1.04. The largest absolute Gasteiger partial charge is 0.0877 e. The van der Waals surface area contributed by atoms with Crippen LogP contribution in [-0.2, 0) is 0 Å². The van der Waals surface area contributed by atoms with E-state index in [9.17, 15) is 0 Å². The predicted octanol–water partition coefficient (Wildman–Crippen LogP) is 3.01. The van der Waals surface area contributed by atoms with Crippen LogP contribution < -0.4 is 0 Å². The molecule has 0 fully saturated rings. The van der Waals surface area contributed by atoms with Crippen molar-refractivity contribution in [1.29, 1.82) is 0 Å². The average molecular weight is 132 g/mol. The van der Waals surface area contributed by atoms with Crippen molar-refractivity contribution in [3.05, 3.63) is 48.1 Å². The molecule has 0 heteroatoms. The van der Waals surface area contributed by atoms with Crippen LogP contribution in [0.25, 0.3) is 0 Å². The molecular weight excluding hydrogens is 120 g/mol. The lowest BCUT2D eigenvalue weighted by atomic mass is 10.2. The Bertz CT molecular complexity index is 202. The van der Waals surface area contributed by atoms with Gasteiger partial charge in [0.15, 0.2) is 0 Å². The van der Waals surface area contributed by atoms with Gasteiger partial charge in [0, 0.05) is 0 Å². The Labute approximate surface area is 62.3 Å². The fraction of sp³-hybridized carbons (Fsp3) is 0.200. The molecule has 0 saturated heterocycles.